The summed E-state index contributed by atoms with van der Waals surface area (Å²) in [5.41, 5.74) is 1.09. The molecule has 0 fully saturated rings. The summed E-state index contributed by atoms with van der Waals surface area (Å²) in [5.74, 6) is -0.112. The zero-order valence-corrected chi connectivity index (χ0v) is 13.7. The van der Waals surface area contributed by atoms with Crippen LogP contribution in [0.4, 0.5) is 0 Å². The summed E-state index contributed by atoms with van der Waals surface area (Å²) in [7, 11) is 1.63. The molecule has 0 heterocycles. The molecule has 1 aromatic carbocycles. The number of hydrogen-bond acceptors (Lipinski definition) is 3. The number of ether oxygens (including phenoxy) is 1. The Kier molecular flexibility index (Phi) is 8.22. The van der Waals surface area contributed by atoms with Gasteiger partial charge in [0.2, 0.25) is 11.8 Å². The maximum Gasteiger partial charge on any atom is 0.242 e. The van der Waals surface area contributed by atoms with Gasteiger partial charge in [0.1, 0.15) is 0 Å². The lowest BCUT2D eigenvalue weighted by atomic mass is 10.2. The molecule has 5 heteroatoms. The zero-order valence-electron chi connectivity index (χ0n) is 13.7. The Bertz CT molecular complexity index is 462. The molecule has 0 saturated heterocycles. The van der Waals surface area contributed by atoms with Crippen LogP contribution in [-0.4, -0.2) is 55.0 Å². The Balaban J connectivity index is 2.59. The van der Waals surface area contributed by atoms with Crippen LogP contribution >= 0.6 is 0 Å². The first kappa shape index (κ1) is 18.2. The zero-order chi connectivity index (χ0) is 16.4. The summed E-state index contributed by atoms with van der Waals surface area (Å²) in [6, 6.07) is 9.87. The van der Waals surface area contributed by atoms with E-state index in [1.807, 2.05) is 37.3 Å². The summed E-state index contributed by atoms with van der Waals surface area (Å²) < 4.78 is 4.99. The van der Waals surface area contributed by atoms with E-state index in [1.165, 1.54) is 6.92 Å². The third kappa shape index (κ3) is 6.26. The van der Waals surface area contributed by atoms with Crippen LogP contribution in [-0.2, 0) is 20.9 Å². The van der Waals surface area contributed by atoms with Gasteiger partial charge in [0, 0.05) is 40.3 Å². The average Bonchev–Trinajstić information content (AvgIpc) is 2.52. The lowest BCUT2D eigenvalue weighted by Gasteiger charge is -2.26. The van der Waals surface area contributed by atoms with Crippen molar-refractivity contribution in [3.8, 4) is 0 Å². The van der Waals surface area contributed by atoms with Crippen LogP contribution in [0.15, 0.2) is 30.3 Å². The van der Waals surface area contributed by atoms with Crippen molar-refractivity contribution in [2.24, 2.45) is 0 Å². The Hall–Kier alpha value is -1.88. The SMILES string of the molecule is CCN(Cc1ccccc1)C(=O)CN(CCCOC)C(C)=O. The minimum absolute atomic E-state index is 0.0287. The van der Waals surface area contributed by atoms with Crippen LogP contribution in [0.5, 0.6) is 0 Å². The van der Waals surface area contributed by atoms with Gasteiger partial charge >= 0.3 is 0 Å². The minimum Gasteiger partial charge on any atom is -0.385 e. The van der Waals surface area contributed by atoms with Gasteiger partial charge in [-0.2, -0.15) is 0 Å². The second-order valence-electron chi connectivity index (χ2n) is 5.18. The molecule has 0 bridgehead atoms. The monoisotopic (exact) mass is 306 g/mol. The standard InChI is InChI=1S/C17H26N2O3/c1-4-18(13-16-9-6-5-7-10-16)17(21)14-19(15(2)20)11-8-12-22-3/h5-7,9-10H,4,8,11-14H2,1-3H3. The Morgan fingerprint density at radius 1 is 1.14 bits per heavy atom. The maximum atomic E-state index is 12.4. The Morgan fingerprint density at radius 3 is 2.36 bits per heavy atom. The van der Waals surface area contributed by atoms with Crippen LogP contribution in [0, 0.1) is 0 Å². The molecule has 1 aromatic rings. The number of carbonyl (C=O) groups is 2. The predicted octanol–water partition coefficient (Wildman–Crippen LogP) is 1.92. The Labute approximate surface area is 132 Å². The summed E-state index contributed by atoms with van der Waals surface area (Å²) in [6.45, 7) is 5.88. The molecule has 0 radical (unpaired) electrons. The van der Waals surface area contributed by atoms with Crippen LogP contribution in [0.25, 0.3) is 0 Å². The number of rotatable bonds is 9. The largest absolute Gasteiger partial charge is 0.385 e. The van der Waals surface area contributed by atoms with Crippen molar-refractivity contribution in [3.63, 3.8) is 0 Å². The van der Waals surface area contributed by atoms with Gasteiger partial charge in [0.05, 0.1) is 6.54 Å². The topological polar surface area (TPSA) is 49.9 Å². The summed E-state index contributed by atoms with van der Waals surface area (Å²) >= 11 is 0. The van der Waals surface area contributed by atoms with Gasteiger partial charge in [-0.05, 0) is 18.9 Å². The molecule has 0 aliphatic heterocycles. The van der Waals surface area contributed by atoms with Crippen molar-refractivity contribution in [3.05, 3.63) is 35.9 Å². The molecule has 0 N–H and O–H groups in total. The highest BCUT2D eigenvalue weighted by atomic mass is 16.5. The average molecular weight is 306 g/mol. The molecule has 5 nitrogen and oxygen atoms in total. The highest BCUT2D eigenvalue weighted by Gasteiger charge is 2.18. The van der Waals surface area contributed by atoms with E-state index in [0.717, 1.165) is 12.0 Å². The first-order chi connectivity index (χ1) is 10.6. The number of hydrogen-bond donors (Lipinski definition) is 0. The van der Waals surface area contributed by atoms with E-state index < -0.39 is 0 Å². The molecular formula is C17H26N2O3. The molecule has 0 saturated carbocycles. The van der Waals surface area contributed by atoms with Gasteiger partial charge in [0.15, 0.2) is 0 Å². The number of likely N-dealkylation sites (N-methyl/N-ethyl adjacent to an activating group) is 1. The van der Waals surface area contributed by atoms with Crippen LogP contribution in [0.3, 0.4) is 0 Å². The third-order valence-corrected chi connectivity index (χ3v) is 3.50. The van der Waals surface area contributed by atoms with E-state index in [0.29, 0.717) is 26.2 Å². The highest BCUT2D eigenvalue weighted by Crippen LogP contribution is 2.06. The molecule has 0 aliphatic rings. The maximum absolute atomic E-state index is 12.4. The van der Waals surface area contributed by atoms with E-state index >= 15 is 0 Å². The lowest BCUT2D eigenvalue weighted by molar-refractivity contribution is -0.139. The van der Waals surface area contributed by atoms with Gasteiger partial charge in [-0.1, -0.05) is 30.3 Å². The second kappa shape index (κ2) is 9.95. The molecule has 122 valence electrons. The van der Waals surface area contributed by atoms with Crippen LogP contribution in [0.2, 0.25) is 0 Å². The first-order valence-electron chi connectivity index (χ1n) is 7.64. The van der Waals surface area contributed by atoms with Crippen molar-refractivity contribution in [1.82, 2.24) is 9.80 Å². The number of carbonyl (C=O) groups excluding carboxylic acids is 2. The fraction of sp³-hybridized carbons (Fsp3) is 0.529. The smallest absolute Gasteiger partial charge is 0.242 e. The van der Waals surface area contributed by atoms with Crippen molar-refractivity contribution < 1.29 is 14.3 Å². The number of nitrogens with zero attached hydrogens (tertiary/aromatic N) is 2. The summed E-state index contributed by atoms with van der Waals surface area (Å²) in [6.07, 6.45) is 0.730. The molecule has 0 spiro atoms. The molecule has 1 rings (SSSR count). The van der Waals surface area contributed by atoms with E-state index in [2.05, 4.69) is 0 Å². The molecule has 0 atom stereocenters. The summed E-state index contributed by atoms with van der Waals surface area (Å²) in [4.78, 5) is 27.4. The molecule has 0 aromatic heterocycles. The van der Waals surface area contributed by atoms with Crippen molar-refractivity contribution >= 4 is 11.8 Å². The molecule has 0 aliphatic carbocycles. The van der Waals surface area contributed by atoms with Gasteiger partial charge in [-0.15, -0.1) is 0 Å². The van der Waals surface area contributed by atoms with Crippen LogP contribution in [0.1, 0.15) is 25.8 Å². The quantitative estimate of drug-likeness (QED) is 0.655. The fourth-order valence-corrected chi connectivity index (χ4v) is 2.19. The fourth-order valence-electron chi connectivity index (χ4n) is 2.19. The predicted molar refractivity (Wildman–Crippen MR) is 86.3 cm³/mol. The summed E-state index contributed by atoms with van der Waals surface area (Å²) in [5, 5.41) is 0. The van der Waals surface area contributed by atoms with Gasteiger partial charge < -0.3 is 14.5 Å². The number of methoxy groups -OCH3 is 1. The van der Waals surface area contributed by atoms with E-state index in [9.17, 15) is 9.59 Å². The highest BCUT2D eigenvalue weighted by molar-refractivity contribution is 5.83. The second-order valence-corrected chi connectivity index (χ2v) is 5.18. The molecule has 0 unspecified atom stereocenters. The number of benzene rings is 1. The normalized spacial score (nSPS) is 10.3. The van der Waals surface area contributed by atoms with E-state index in [-0.39, 0.29) is 18.4 Å². The van der Waals surface area contributed by atoms with Crippen molar-refractivity contribution in [2.45, 2.75) is 26.8 Å². The van der Waals surface area contributed by atoms with Crippen molar-refractivity contribution in [1.29, 1.82) is 0 Å². The Morgan fingerprint density at radius 2 is 1.82 bits per heavy atom. The van der Waals surface area contributed by atoms with Crippen LogP contribution < -0.4 is 0 Å². The van der Waals surface area contributed by atoms with Gasteiger partial charge in [-0.25, -0.2) is 0 Å². The van der Waals surface area contributed by atoms with E-state index in [4.69, 9.17) is 4.74 Å². The first-order valence-corrected chi connectivity index (χ1v) is 7.64. The van der Waals surface area contributed by atoms with Gasteiger partial charge in [0.25, 0.3) is 0 Å². The molecule has 2 amide bonds. The minimum atomic E-state index is -0.0831. The lowest BCUT2D eigenvalue weighted by Crippen LogP contribution is -2.42. The van der Waals surface area contributed by atoms with E-state index in [1.54, 1.807) is 16.9 Å². The van der Waals surface area contributed by atoms with Crippen molar-refractivity contribution in [2.75, 3.05) is 33.4 Å². The third-order valence-electron chi connectivity index (χ3n) is 3.50. The number of amides is 2. The molecule has 22 heavy (non-hydrogen) atoms. The molecular weight excluding hydrogens is 280 g/mol. The van der Waals surface area contributed by atoms with Gasteiger partial charge in [-0.3, -0.25) is 9.59 Å².